The van der Waals surface area contributed by atoms with Gasteiger partial charge in [0.2, 0.25) is 0 Å². The molecule has 0 aliphatic carbocycles. The van der Waals surface area contributed by atoms with E-state index in [0.29, 0.717) is 0 Å². The van der Waals surface area contributed by atoms with E-state index in [-0.39, 0.29) is 10.6 Å². The highest BCUT2D eigenvalue weighted by Gasteiger charge is 2.26. The molecule has 8 heteroatoms. The number of hydrogen-bond donors (Lipinski definition) is 1. The van der Waals surface area contributed by atoms with Crippen LogP contribution in [0.15, 0.2) is 23.8 Å². The van der Waals surface area contributed by atoms with Crippen molar-refractivity contribution < 1.29 is 14.8 Å². The van der Waals surface area contributed by atoms with Gasteiger partial charge in [0.25, 0.3) is 11.6 Å². The molecule has 0 spiro atoms. The Kier molecular flexibility index (Phi) is 4.67. The molecule has 0 heterocycles. The Labute approximate surface area is 119 Å². The number of hydrogen-bond acceptors (Lipinski definition) is 5. The number of nitro benzene ring substituents is 1. The lowest BCUT2D eigenvalue weighted by Crippen LogP contribution is -2.24. The molecular weight excluding hydrogens is 286 g/mol. The fraction of sp³-hybridized carbons (Fsp3) is 0.167. The smallest absolute Gasteiger partial charge is 0.281 e. The number of aliphatic hydroxyl groups is 1. The standard InChI is InChI=1S/C12H10ClN3O4/c1-15(2)12(18)7(6-14)11(17)10-8(13)4-3-5-9(10)16(19)20/h3-5,17H,1-2H3/b11-7-. The summed E-state index contributed by atoms with van der Waals surface area (Å²) in [5.41, 5.74) is -1.47. The predicted molar refractivity (Wildman–Crippen MR) is 72.0 cm³/mol. The molecule has 1 aromatic rings. The Bertz CT molecular complexity index is 647. The number of nitriles is 1. The second-order valence-electron chi connectivity index (χ2n) is 3.93. The molecule has 7 nitrogen and oxygen atoms in total. The second-order valence-corrected chi connectivity index (χ2v) is 4.33. The van der Waals surface area contributed by atoms with Gasteiger partial charge in [0.15, 0.2) is 11.3 Å². The van der Waals surface area contributed by atoms with Crippen molar-refractivity contribution in [1.82, 2.24) is 4.90 Å². The number of carbonyl (C=O) groups excluding carboxylic acids is 1. The van der Waals surface area contributed by atoms with E-state index in [9.17, 15) is 20.0 Å². The minimum absolute atomic E-state index is 0.129. The Morgan fingerprint density at radius 2 is 2.10 bits per heavy atom. The first-order valence-electron chi connectivity index (χ1n) is 5.29. The summed E-state index contributed by atoms with van der Waals surface area (Å²) in [7, 11) is 2.77. The van der Waals surface area contributed by atoms with Crippen LogP contribution in [0.25, 0.3) is 5.76 Å². The zero-order chi connectivity index (χ0) is 15.4. The van der Waals surface area contributed by atoms with Crippen LogP contribution in [0, 0.1) is 21.4 Å². The lowest BCUT2D eigenvalue weighted by atomic mass is 10.1. The summed E-state index contributed by atoms with van der Waals surface area (Å²) in [6.07, 6.45) is 0. The molecule has 0 radical (unpaired) electrons. The predicted octanol–water partition coefficient (Wildman–Crippen LogP) is 2.13. The molecule has 1 rings (SSSR count). The molecule has 1 aromatic carbocycles. The summed E-state index contributed by atoms with van der Waals surface area (Å²) in [5, 5.41) is 29.8. The molecule has 0 saturated carbocycles. The van der Waals surface area contributed by atoms with Gasteiger partial charge in [0.1, 0.15) is 11.6 Å². The van der Waals surface area contributed by atoms with Crippen LogP contribution in [0.3, 0.4) is 0 Å². The Morgan fingerprint density at radius 3 is 2.55 bits per heavy atom. The fourth-order valence-electron chi connectivity index (χ4n) is 1.45. The van der Waals surface area contributed by atoms with Gasteiger partial charge in [-0.2, -0.15) is 5.26 Å². The normalized spacial score (nSPS) is 11.3. The van der Waals surface area contributed by atoms with Gasteiger partial charge in [-0.3, -0.25) is 14.9 Å². The van der Waals surface area contributed by atoms with Crippen molar-refractivity contribution in [3.05, 3.63) is 44.5 Å². The third kappa shape index (κ3) is 2.87. The quantitative estimate of drug-likeness (QED) is 0.302. The van der Waals surface area contributed by atoms with Crippen molar-refractivity contribution in [2.75, 3.05) is 14.1 Å². The molecule has 0 aliphatic heterocycles. The van der Waals surface area contributed by atoms with Gasteiger partial charge in [0, 0.05) is 20.2 Å². The van der Waals surface area contributed by atoms with Gasteiger partial charge in [0.05, 0.1) is 9.95 Å². The molecule has 20 heavy (non-hydrogen) atoms. The maximum absolute atomic E-state index is 11.8. The van der Waals surface area contributed by atoms with Crippen molar-refractivity contribution in [2.24, 2.45) is 0 Å². The van der Waals surface area contributed by atoms with Gasteiger partial charge in [-0.1, -0.05) is 17.7 Å². The zero-order valence-electron chi connectivity index (χ0n) is 10.6. The van der Waals surface area contributed by atoms with Crippen molar-refractivity contribution >= 4 is 29.0 Å². The SMILES string of the molecule is CN(C)C(=O)/C(C#N)=C(\O)c1c(Cl)cccc1[N+](=O)[O-]. The zero-order valence-corrected chi connectivity index (χ0v) is 11.4. The van der Waals surface area contributed by atoms with Gasteiger partial charge >= 0.3 is 0 Å². The molecule has 0 atom stereocenters. The monoisotopic (exact) mass is 295 g/mol. The summed E-state index contributed by atoms with van der Waals surface area (Å²) in [5.74, 6) is -1.59. The van der Waals surface area contributed by atoms with Crippen LogP contribution < -0.4 is 0 Å². The van der Waals surface area contributed by atoms with E-state index in [1.807, 2.05) is 0 Å². The van der Waals surface area contributed by atoms with Gasteiger partial charge < -0.3 is 10.0 Å². The highest BCUT2D eigenvalue weighted by Crippen LogP contribution is 2.33. The largest absolute Gasteiger partial charge is 0.505 e. The number of halogens is 1. The van der Waals surface area contributed by atoms with Crippen LogP contribution in [0.1, 0.15) is 5.56 Å². The molecule has 0 unspecified atom stereocenters. The number of rotatable bonds is 3. The lowest BCUT2D eigenvalue weighted by molar-refractivity contribution is -0.385. The number of benzene rings is 1. The highest BCUT2D eigenvalue weighted by atomic mass is 35.5. The summed E-state index contributed by atoms with van der Waals surface area (Å²) in [6, 6.07) is 5.29. The number of carbonyl (C=O) groups is 1. The van der Waals surface area contributed by atoms with E-state index >= 15 is 0 Å². The molecule has 0 saturated heterocycles. The average molecular weight is 296 g/mol. The van der Waals surface area contributed by atoms with Crippen LogP contribution >= 0.6 is 11.6 Å². The molecule has 0 fully saturated rings. The van der Waals surface area contributed by atoms with E-state index in [1.165, 1.54) is 32.3 Å². The molecule has 1 amide bonds. The third-order valence-electron chi connectivity index (χ3n) is 2.39. The number of nitrogens with zero attached hydrogens (tertiary/aromatic N) is 3. The lowest BCUT2D eigenvalue weighted by Gasteiger charge is -2.11. The first kappa shape index (κ1) is 15.5. The fourth-order valence-corrected chi connectivity index (χ4v) is 1.71. The van der Waals surface area contributed by atoms with Crippen LogP contribution in [0.4, 0.5) is 5.69 Å². The van der Waals surface area contributed by atoms with Crippen LogP contribution in [-0.4, -0.2) is 34.9 Å². The average Bonchev–Trinajstić information content (AvgIpc) is 2.38. The minimum atomic E-state index is -0.816. The summed E-state index contributed by atoms with van der Waals surface area (Å²) in [6.45, 7) is 0. The summed E-state index contributed by atoms with van der Waals surface area (Å²) in [4.78, 5) is 23.0. The van der Waals surface area contributed by atoms with Crippen molar-refractivity contribution in [3.8, 4) is 6.07 Å². The van der Waals surface area contributed by atoms with E-state index in [0.717, 1.165) is 11.0 Å². The first-order chi connectivity index (χ1) is 9.31. The molecule has 0 aliphatic rings. The Balaban J connectivity index is 3.63. The maximum atomic E-state index is 11.8. The summed E-state index contributed by atoms with van der Waals surface area (Å²) >= 11 is 5.82. The molecular formula is C12H10ClN3O4. The van der Waals surface area contributed by atoms with Crippen molar-refractivity contribution in [2.45, 2.75) is 0 Å². The van der Waals surface area contributed by atoms with Crippen LogP contribution in [-0.2, 0) is 4.79 Å². The number of likely N-dealkylation sites (N-methyl/N-ethyl adjacent to an activating group) is 1. The minimum Gasteiger partial charge on any atom is -0.505 e. The van der Waals surface area contributed by atoms with Gasteiger partial charge in [-0.15, -0.1) is 0 Å². The van der Waals surface area contributed by atoms with Gasteiger partial charge in [-0.25, -0.2) is 0 Å². The van der Waals surface area contributed by atoms with Crippen molar-refractivity contribution in [3.63, 3.8) is 0 Å². The van der Waals surface area contributed by atoms with E-state index < -0.39 is 27.9 Å². The molecule has 0 aromatic heterocycles. The molecule has 0 bridgehead atoms. The topological polar surface area (TPSA) is 107 Å². The van der Waals surface area contributed by atoms with Crippen LogP contribution in [0.5, 0.6) is 0 Å². The number of nitro groups is 1. The van der Waals surface area contributed by atoms with E-state index in [2.05, 4.69) is 0 Å². The van der Waals surface area contributed by atoms with E-state index in [1.54, 1.807) is 0 Å². The Hall–Kier alpha value is -2.59. The van der Waals surface area contributed by atoms with E-state index in [4.69, 9.17) is 16.9 Å². The summed E-state index contributed by atoms with van der Waals surface area (Å²) < 4.78 is 0. The first-order valence-corrected chi connectivity index (χ1v) is 5.67. The molecule has 104 valence electrons. The maximum Gasteiger partial charge on any atom is 0.281 e. The Morgan fingerprint density at radius 1 is 1.50 bits per heavy atom. The van der Waals surface area contributed by atoms with Gasteiger partial charge in [-0.05, 0) is 6.07 Å². The number of amides is 1. The highest BCUT2D eigenvalue weighted by molar-refractivity contribution is 6.33. The second kappa shape index (κ2) is 6.04. The number of aliphatic hydroxyl groups excluding tert-OH is 1. The third-order valence-corrected chi connectivity index (χ3v) is 2.71. The molecule has 1 N–H and O–H groups in total. The van der Waals surface area contributed by atoms with Crippen LogP contribution in [0.2, 0.25) is 5.02 Å². The van der Waals surface area contributed by atoms with Crippen molar-refractivity contribution in [1.29, 1.82) is 5.26 Å².